The molecule has 1 aromatic rings. The molecule has 0 bridgehead atoms. The normalized spacial score (nSPS) is 11.4. The summed E-state index contributed by atoms with van der Waals surface area (Å²) in [6, 6.07) is 3.68. The third-order valence-corrected chi connectivity index (χ3v) is 4.62. The van der Waals surface area contributed by atoms with Gasteiger partial charge in [0, 0.05) is 15.7 Å². The average Bonchev–Trinajstić information content (AvgIpc) is 2.29. The quantitative estimate of drug-likeness (QED) is 0.234. The van der Waals surface area contributed by atoms with Crippen LogP contribution in [0.15, 0.2) is 24.3 Å². The number of amides is 1. The summed E-state index contributed by atoms with van der Waals surface area (Å²) in [6.45, 7) is 0. The number of hydrogen-bond donors (Lipinski definition) is 1. The molecule has 1 rings (SSSR count). The molecule has 0 aliphatic carbocycles. The molecular formula is C11H8I3NO5S. The molecule has 114 valence electrons. The third kappa shape index (κ3) is 7.23. The van der Waals surface area contributed by atoms with E-state index in [2.05, 4.69) is 22.6 Å². The van der Waals surface area contributed by atoms with Crippen LogP contribution in [0.1, 0.15) is 0 Å². The number of ether oxygens (including phenoxy) is 1. The summed E-state index contributed by atoms with van der Waals surface area (Å²) >= 11 is 6.22. The lowest BCUT2D eigenvalue weighted by Crippen LogP contribution is -2.27. The lowest BCUT2D eigenvalue weighted by molar-refractivity contribution is -0.129. The van der Waals surface area contributed by atoms with E-state index in [0.29, 0.717) is 5.75 Å². The van der Waals surface area contributed by atoms with Crippen molar-refractivity contribution in [3.63, 3.8) is 0 Å². The van der Waals surface area contributed by atoms with E-state index < -0.39 is 21.9 Å². The molecule has 0 spiro atoms. The molecule has 0 radical (unpaired) electrons. The highest BCUT2D eigenvalue weighted by atomic mass is 127. The summed E-state index contributed by atoms with van der Waals surface area (Å²) in [5.41, 5.74) is 0. The van der Waals surface area contributed by atoms with Crippen LogP contribution in [-0.2, 0) is 19.6 Å². The second kappa shape index (κ2) is 8.05. The standard InChI is InChI=1S/C11H8I3NO5S/c1-21(18,19)15-9(16)2-3-10(17)20-11-7(13)4-6(12)5-8(11)14/h2-5H,1H3,(H,15,16)/b3-2+. The van der Waals surface area contributed by atoms with Crippen molar-refractivity contribution in [1.82, 2.24) is 4.72 Å². The van der Waals surface area contributed by atoms with Crippen LogP contribution in [0.4, 0.5) is 0 Å². The molecule has 0 saturated carbocycles. The molecule has 6 nitrogen and oxygen atoms in total. The summed E-state index contributed by atoms with van der Waals surface area (Å²) in [7, 11) is -3.65. The Bertz CT molecular complexity index is 692. The first-order valence-corrected chi connectivity index (χ1v) is 10.3. The number of carbonyl (C=O) groups excluding carboxylic acids is 2. The molecule has 0 aliphatic rings. The van der Waals surface area contributed by atoms with Gasteiger partial charge in [-0.15, -0.1) is 0 Å². The van der Waals surface area contributed by atoms with E-state index in [0.717, 1.165) is 29.1 Å². The monoisotopic (exact) mass is 647 g/mol. The zero-order valence-corrected chi connectivity index (χ0v) is 17.7. The minimum absolute atomic E-state index is 0.398. The highest BCUT2D eigenvalue weighted by Gasteiger charge is 2.12. The van der Waals surface area contributed by atoms with Crippen molar-refractivity contribution in [2.75, 3.05) is 6.26 Å². The Morgan fingerprint density at radius 2 is 1.67 bits per heavy atom. The van der Waals surface area contributed by atoms with Crippen LogP contribution < -0.4 is 9.46 Å². The van der Waals surface area contributed by atoms with Crippen LogP contribution in [0, 0.1) is 10.7 Å². The topological polar surface area (TPSA) is 89.5 Å². The number of benzene rings is 1. The van der Waals surface area contributed by atoms with Gasteiger partial charge in [-0.05, 0) is 79.9 Å². The molecule has 0 unspecified atom stereocenters. The largest absolute Gasteiger partial charge is 0.421 e. The van der Waals surface area contributed by atoms with E-state index in [4.69, 9.17) is 4.74 Å². The highest BCUT2D eigenvalue weighted by molar-refractivity contribution is 14.1. The predicted octanol–water partition coefficient (Wildman–Crippen LogP) is 2.04. The number of esters is 1. The smallest absolute Gasteiger partial charge is 0.336 e. The molecule has 1 N–H and O–H groups in total. The minimum atomic E-state index is -3.65. The van der Waals surface area contributed by atoms with Crippen LogP contribution in [-0.4, -0.2) is 26.6 Å². The summed E-state index contributed by atoms with van der Waals surface area (Å²) in [6.07, 6.45) is 2.51. The number of hydrogen-bond acceptors (Lipinski definition) is 5. The van der Waals surface area contributed by atoms with Gasteiger partial charge in [0.1, 0.15) is 0 Å². The number of halogens is 3. The predicted molar refractivity (Wildman–Crippen MR) is 102 cm³/mol. The Balaban J connectivity index is 2.77. The fraction of sp³-hybridized carbons (Fsp3) is 0.0909. The first kappa shape index (κ1) is 19.1. The van der Waals surface area contributed by atoms with Crippen molar-refractivity contribution >= 4 is 89.7 Å². The number of carbonyl (C=O) groups is 2. The van der Waals surface area contributed by atoms with E-state index in [-0.39, 0.29) is 0 Å². The fourth-order valence-electron chi connectivity index (χ4n) is 1.12. The van der Waals surface area contributed by atoms with Gasteiger partial charge in [0.25, 0.3) is 5.91 Å². The molecule has 0 aliphatic heterocycles. The van der Waals surface area contributed by atoms with Crippen LogP contribution in [0.25, 0.3) is 0 Å². The molecule has 10 heteroatoms. The maximum atomic E-state index is 11.6. The zero-order chi connectivity index (χ0) is 16.2. The third-order valence-electron chi connectivity index (χ3n) is 1.82. The van der Waals surface area contributed by atoms with Gasteiger partial charge in [0.2, 0.25) is 10.0 Å². The van der Waals surface area contributed by atoms with Gasteiger partial charge in [-0.25, -0.2) is 17.9 Å². The molecule has 0 atom stereocenters. The second-order valence-corrected chi connectivity index (χ2v) is 9.01. The van der Waals surface area contributed by atoms with Gasteiger partial charge in [0.15, 0.2) is 5.75 Å². The first-order valence-electron chi connectivity index (χ1n) is 5.14. The SMILES string of the molecule is CS(=O)(=O)NC(=O)/C=C/C(=O)Oc1c(I)cc(I)cc1I. The molecule has 1 aromatic carbocycles. The molecule has 21 heavy (non-hydrogen) atoms. The maximum Gasteiger partial charge on any atom is 0.336 e. The van der Waals surface area contributed by atoms with Gasteiger partial charge >= 0.3 is 5.97 Å². The first-order chi connectivity index (χ1) is 9.58. The van der Waals surface area contributed by atoms with Gasteiger partial charge in [0.05, 0.1) is 13.4 Å². The van der Waals surface area contributed by atoms with Crippen LogP contribution in [0.5, 0.6) is 5.75 Å². The average molecular weight is 647 g/mol. The molecule has 1 amide bonds. The Kier molecular flexibility index (Phi) is 7.32. The van der Waals surface area contributed by atoms with E-state index in [9.17, 15) is 18.0 Å². The van der Waals surface area contributed by atoms with E-state index in [1.54, 1.807) is 4.72 Å². The summed E-state index contributed by atoms with van der Waals surface area (Å²) < 4.78 is 31.0. The lowest BCUT2D eigenvalue weighted by Gasteiger charge is -2.07. The molecule has 0 fully saturated rings. The number of rotatable bonds is 4. The van der Waals surface area contributed by atoms with Crippen LogP contribution in [0.2, 0.25) is 0 Å². The minimum Gasteiger partial charge on any atom is -0.421 e. The Morgan fingerprint density at radius 3 is 2.14 bits per heavy atom. The van der Waals surface area contributed by atoms with Gasteiger partial charge in [-0.1, -0.05) is 0 Å². The molecule has 0 aromatic heterocycles. The summed E-state index contributed by atoms with van der Waals surface area (Å²) in [4.78, 5) is 22.8. The zero-order valence-electron chi connectivity index (χ0n) is 10.4. The van der Waals surface area contributed by atoms with Crippen molar-refractivity contribution in [2.45, 2.75) is 0 Å². The lowest BCUT2D eigenvalue weighted by atomic mass is 10.3. The van der Waals surface area contributed by atoms with E-state index in [1.165, 1.54) is 0 Å². The fourth-order valence-corrected chi connectivity index (χ4v) is 5.36. The van der Waals surface area contributed by atoms with Crippen LogP contribution >= 0.6 is 67.8 Å². The maximum absolute atomic E-state index is 11.6. The Hall–Kier alpha value is 0.0400. The summed E-state index contributed by atoms with van der Waals surface area (Å²) in [5, 5.41) is 0. The van der Waals surface area contributed by atoms with Crippen molar-refractivity contribution in [3.05, 3.63) is 35.0 Å². The van der Waals surface area contributed by atoms with Crippen molar-refractivity contribution in [2.24, 2.45) is 0 Å². The highest BCUT2D eigenvalue weighted by Crippen LogP contribution is 2.29. The molecule has 0 saturated heterocycles. The van der Waals surface area contributed by atoms with Gasteiger partial charge < -0.3 is 4.74 Å². The summed E-state index contributed by atoms with van der Waals surface area (Å²) in [5.74, 6) is -1.29. The van der Waals surface area contributed by atoms with Crippen molar-refractivity contribution in [1.29, 1.82) is 0 Å². The van der Waals surface area contributed by atoms with E-state index >= 15 is 0 Å². The van der Waals surface area contributed by atoms with Gasteiger partial charge in [-0.3, -0.25) is 4.79 Å². The Labute approximate surface area is 162 Å². The van der Waals surface area contributed by atoms with Gasteiger partial charge in [-0.2, -0.15) is 0 Å². The number of nitrogens with one attached hydrogen (secondary N) is 1. The van der Waals surface area contributed by atoms with Crippen molar-refractivity contribution < 1.29 is 22.7 Å². The van der Waals surface area contributed by atoms with Crippen molar-refractivity contribution in [3.8, 4) is 5.75 Å². The molecular weight excluding hydrogens is 639 g/mol. The van der Waals surface area contributed by atoms with Crippen LogP contribution in [0.3, 0.4) is 0 Å². The molecule has 0 heterocycles. The second-order valence-electron chi connectivity index (χ2n) is 3.69. The number of sulfonamides is 1. The Morgan fingerprint density at radius 1 is 1.14 bits per heavy atom. The van der Waals surface area contributed by atoms with E-state index in [1.807, 2.05) is 57.3 Å².